The van der Waals surface area contributed by atoms with E-state index in [9.17, 15) is 17.2 Å². The van der Waals surface area contributed by atoms with Gasteiger partial charge in [-0.05, 0) is 31.7 Å². The van der Waals surface area contributed by atoms with Crippen molar-refractivity contribution in [2.45, 2.75) is 44.1 Å². The fraction of sp³-hybridized carbons (Fsp3) is 1.00. The van der Waals surface area contributed by atoms with Crippen LogP contribution in [-0.4, -0.2) is 38.4 Å². The van der Waals surface area contributed by atoms with E-state index in [-0.39, 0.29) is 36.3 Å². The number of alkyl halides is 2. The first-order valence-corrected chi connectivity index (χ1v) is 8.00. The van der Waals surface area contributed by atoms with E-state index in [1.807, 2.05) is 0 Å². The van der Waals surface area contributed by atoms with Gasteiger partial charge in [0.15, 0.2) is 9.84 Å². The first kappa shape index (κ1) is 13.2. The molecule has 17 heavy (non-hydrogen) atoms. The highest BCUT2D eigenvalue weighted by Gasteiger charge is 2.36. The van der Waals surface area contributed by atoms with Crippen molar-refractivity contribution in [1.82, 2.24) is 5.32 Å². The van der Waals surface area contributed by atoms with Gasteiger partial charge in [-0.15, -0.1) is 0 Å². The van der Waals surface area contributed by atoms with Crippen LogP contribution in [0.5, 0.6) is 0 Å². The molecule has 0 amide bonds. The van der Waals surface area contributed by atoms with Crippen LogP contribution in [0.4, 0.5) is 8.78 Å². The Morgan fingerprint density at radius 3 is 2.65 bits per heavy atom. The highest BCUT2D eigenvalue weighted by Crippen LogP contribution is 2.36. The number of rotatable bonds is 3. The standard InChI is InChI=1S/C11H19F2NO2S/c12-11(13)4-1-2-9(6-11)7-14-10-3-5-17(15,16)8-10/h9-10,14H,1-8H2. The lowest BCUT2D eigenvalue weighted by Crippen LogP contribution is -2.38. The van der Waals surface area contributed by atoms with Gasteiger partial charge in [-0.25, -0.2) is 17.2 Å². The van der Waals surface area contributed by atoms with Gasteiger partial charge in [-0.3, -0.25) is 0 Å². The van der Waals surface area contributed by atoms with Gasteiger partial charge in [0.2, 0.25) is 5.92 Å². The third-order valence-electron chi connectivity index (χ3n) is 3.67. The lowest BCUT2D eigenvalue weighted by molar-refractivity contribution is -0.0522. The fourth-order valence-electron chi connectivity index (χ4n) is 2.74. The van der Waals surface area contributed by atoms with Crippen molar-refractivity contribution in [2.24, 2.45) is 5.92 Å². The minimum Gasteiger partial charge on any atom is -0.313 e. The average molecular weight is 267 g/mol. The Morgan fingerprint density at radius 2 is 2.06 bits per heavy atom. The minimum absolute atomic E-state index is 0.00130. The molecule has 1 saturated heterocycles. The Hall–Kier alpha value is -0.230. The number of hydrogen-bond acceptors (Lipinski definition) is 3. The first-order chi connectivity index (χ1) is 7.86. The van der Waals surface area contributed by atoms with Gasteiger partial charge in [0.25, 0.3) is 0 Å². The lowest BCUT2D eigenvalue weighted by Gasteiger charge is -2.29. The zero-order chi connectivity index (χ0) is 12.5. The van der Waals surface area contributed by atoms with Gasteiger partial charge in [0.1, 0.15) is 0 Å². The Labute approximate surface area is 101 Å². The molecule has 0 bridgehead atoms. The van der Waals surface area contributed by atoms with Gasteiger partial charge in [0, 0.05) is 18.9 Å². The molecule has 100 valence electrons. The second-order valence-electron chi connectivity index (χ2n) is 5.33. The molecule has 2 rings (SSSR count). The molecular weight excluding hydrogens is 248 g/mol. The molecule has 1 aliphatic carbocycles. The normalized spacial score (nSPS) is 35.9. The molecule has 0 aromatic rings. The summed E-state index contributed by atoms with van der Waals surface area (Å²) in [6, 6.07) is -0.0319. The molecule has 2 aliphatic rings. The van der Waals surface area contributed by atoms with Gasteiger partial charge in [-0.2, -0.15) is 0 Å². The van der Waals surface area contributed by atoms with E-state index >= 15 is 0 Å². The number of sulfone groups is 1. The summed E-state index contributed by atoms with van der Waals surface area (Å²) in [6.07, 6.45) is 1.95. The molecule has 2 fully saturated rings. The van der Waals surface area contributed by atoms with Crippen LogP contribution < -0.4 is 5.32 Å². The predicted octanol–water partition coefficient (Wildman–Crippen LogP) is 1.59. The maximum absolute atomic E-state index is 13.2. The molecule has 6 heteroatoms. The van der Waals surface area contributed by atoms with E-state index in [1.54, 1.807) is 0 Å². The van der Waals surface area contributed by atoms with Crippen molar-refractivity contribution in [3.05, 3.63) is 0 Å². The Balaban J connectivity index is 1.75. The second-order valence-corrected chi connectivity index (χ2v) is 7.56. The number of nitrogens with one attached hydrogen (secondary N) is 1. The van der Waals surface area contributed by atoms with Gasteiger partial charge in [0.05, 0.1) is 11.5 Å². The molecule has 2 unspecified atom stereocenters. The van der Waals surface area contributed by atoms with Crippen LogP contribution in [0.25, 0.3) is 0 Å². The van der Waals surface area contributed by atoms with Crippen LogP contribution in [0.15, 0.2) is 0 Å². The molecular formula is C11H19F2NO2S. The zero-order valence-corrected chi connectivity index (χ0v) is 10.6. The molecule has 1 heterocycles. The van der Waals surface area contributed by atoms with Crippen molar-refractivity contribution in [3.8, 4) is 0 Å². The van der Waals surface area contributed by atoms with E-state index < -0.39 is 15.8 Å². The third-order valence-corrected chi connectivity index (χ3v) is 5.44. The molecule has 2 atom stereocenters. The van der Waals surface area contributed by atoms with Crippen molar-refractivity contribution < 1.29 is 17.2 Å². The lowest BCUT2D eigenvalue weighted by atomic mass is 9.86. The summed E-state index contributed by atoms with van der Waals surface area (Å²) in [5.41, 5.74) is 0. The largest absolute Gasteiger partial charge is 0.313 e. The van der Waals surface area contributed by atoms with Crippen LogP contribution in [0.1, 0.15) is 32.1 Å². The summed E-state index contributed by atoms with van der Waals surface area (Å²) in [5.74, 6) is -2.14. The van der Waals surface area contributed by atoms with E-state index in [0.29, 0.717) is 19.4 Å². The SMILES string of the molecule is O=S1(=O)CCC(NCC2CCCC(F)(F)C2)C1. The molecule has 0 aromatic carbocycles. The topological polar surface area (TPSA) is 46.2 Å². The molecule has 0 radical (unpaired) electrons. The predicted molar refractivity (Wildman–Crippen MR) is 62.0 cm³/mol. The summed E-state index contributed by atoms with van der Waals surface area (Å²) in [5, 5.41) is 3.13. The highest BCUT2D eigenvalue weighted by atomic mass is 32.2. The van der Waals surface area contributed by atoms with Crippen molar-refractivity contribution in [1.29, 1.82) is 0 Å². The molecule has 3 nitrogen and oxygen atoms in total. The Morgan fingerprint density at radius 1 is 1.29 bits per heavy atom. The number of hydrogen-bond donors (Lipinski definition) is 1. The van der Waals surface area contributed by atoms with Crippen molar-refractivity contribution in [3.63, 3.8) is 0 Å². The van der Waals surface area contributed by atoms with Crippen molar-refractivity contribution >= 4 is 9.84 Å². The van der Waals surface area contributed by atoms with Gasteiger partial charge < -0.3 is 5.32 Å². The molecule has 1 aliphatic heterocycles. The fourth-order valence-corrected chi connectivity index (χ4v) is 4.45. The smallest absolute Gasteiger partial charge is 0.248 e. The summed E-state index contributed by atoms with van der Waals surface area (Å²) in [7, 11) is -2.88. The monoisotopic (exact) mass is 267 g/mol. The Bertz CT molecular complexity index is 370. The maximum Gasteiger partial charge on any atom is 0.248 e. The summed E-state index contributed by atoms with van der Waals surface area (Å²) < 4.78 is 48.8. The van der Waals surface area contributed by atoms with E-state index in [4.69, 9.17) is 0 Å². The first-order valence-electron chi connectivity index (χ1n) is 6.18. The van der Waals surface area contributed by atoms with E-state index in [1.165, 1.54) is 0 Å². The van der Waals surface area contributed by atoms with Crippen LogP contribution in [0.2, 0.25) is 0 Å². The Kier molecular flexibility index (Phi) is 3.73. The highest BCUT2D eigenvalue weighted by molar-refractivity contribution is 7.91. The van der Waals surface area contributed by atoms with Crippen LogP contribution in [0.3, 0.4) is 0 Å². The van der Waals surface area contributed by atoms with Gasteiger partial charge >= 0.3 is 0 Å². The number of halogens is 2. The van der Waals surface area contributed by atoms with Crippen LogP contribution in [-0.2, 0) is 9.84 Å². The zero-order valence-electron chi connectivity index (χ0n) is 9.79. The maximum atomic E-state index is 13.2. The summed E-state index contributed by atoms with van der Waals surface area (Å²) >= 11 is 0. The van der Waals surface area contributed by atoms with Crippen LogP contribution in [0, 0.1) is 5.92 Å². The third kappa shape index (κ3) is 3.88. The quantitative estimate of drug-likeness (QED) is 0.844. The molecule has 0 spiro atoms. The minimum atomic E-state index is -2.88. The average Bonchev–Trinajstić information content (AvgIpc) is 2.54. The van der Waals surface area contributed by atoms with Crippen molar-refractivity contribution in [2.75, 3.05) is 18.1 Å². The van der Waals surface area contributed by atoms with E-state index in [2.05, 4.69) is 5.32 Å². The summed E-state index contributed by atoms with van der Waals surface area (Å²) in [4.78, 5) is 0. The summed E-state index contributed by atoms with van der Waals surface area (Å²) in [6.45, 7) is 0.524. The molecule has 0 aromatic heterocycles. The van der Waals surface area contributed by atoms with E-state index in [0.717, 1.165) is 6.42 Å². The van der Waals surface area contributed by atoms with Gasteiger partial charge in [-0.1, -0.05) is 0 Å². The molecule has 1 N–H and O–H groups in total. The molecule has 1 saturated carbocycles. The van der Waals surface area contributed by atoms with Crippen LogP contribution >= 0.6 is 0 Å². The second kappa shape index (κ2) is 4.80.